The second kappa shape index (κ2) is 9.27. The molecule has 1 N–H and O–H groups in total. The number of alkyl halides is 3. The van der Waals surface area contributed by atoms with Crippen molar-refractivity contribution in [2.45, 2.75) is 29.5 Å². The maximum Gasteiger partial charge on any atom is 0.416 e. The summed E-state index contributed by atoms with van der Waals surface area (Å²) in [5.74, 6) is -2.48. The largest absolute Gasteiger partial charge is 0.496 e. The van der Waals surface area contributed by atoms with Crippen LogP contribution >= 0.6 is 11.8 Å². The smallest absolute Gasteiger partial charge is 0.416 e. The lowest BCUT2D eigenvalue weighted by molar-refractivity contribution is -0.137. The fourth-order valence-corrected chi connectivity index (χ4v) is 4.76. The Balaban J connectivity index is 2.09. The van der Waals surface area contributed by atoms with E-state index in [1.54, 1.807) is 6.26 Å². The fraction of sp³-hybridized carbons (Fsp3) is 0.409. The maximum atomic E-state index is 14.8. The molecule has 3 rings (SSSR count). The predicted octanol–water partition coefficient (Wildman–Crippen LogP) is 5.07. The Labute approximate surface area is 187 Å². The van der Waals surface area contributed by atoms with Gasteiger partial charge in [0.2, 0.25) is 0 Å². The van der Waals surface area contributed by atoms with Gasteiger partial charge in [0.15, 0.2) is 0 Å². The number of ether oxygens (including phenoxy) is 1. The van der Waals surface area contributed by atoms with E-state index in [4.69, 9.17) is 4.74 Å². The summed E-state index contributed by atoms with van der Waals surface area (Å²) in [6, 6.07) is 4.83. The normalized spacial score (nSPS) is 19.6. The summed E-state index contributed by atoms with van der Waals surface area (Å²) in [5, 5.41) is 2.85. The van der Waals surface area contributed by atoms with Crippen LogP contribution in [0.2, 0.25) is 0 Å². The van der Waals surface area contributed by atoms with E-state index in [-0.39, 0.29) is 28.3 Å². The molecule has 1 aliphatic rings. The van der Waals surface area contributed by atoms with Crippen LogP contribution in [0.3, 0.4) is 0 Å². The Morgan fingerprint density at radius 1 is 1.22 bits per heavy atom. The first-order valence-electron chi connectivity index (χ1n) is 9.80. The van der Waals surface area contributed by atoms with Crippen molar-refractivity contribution in [3.8, 4) is 5.75 Å². The average molecular weight is 474 g/mol. The van der Waals surface area contributed by atoms with Gasteiger partial charge in [-0.3, -0.25) is 4.79 Å². The summed E-state index contributed by atoms with van der Waals surface area (Å²) in [6.07, 6.45) is -2.05. The second-order valence-electron chi connectivity index (χ2n) is 7.76. The lowest BCUT2D eigenvalue weighted by atomic mass is 9.81. The molecule has 10 heteroatoms. The van der Waals surface area contributed by atoms with Crippen LogP contribution in [0.1, 0.15) is 34.3 Å². The number of piperidine rings is 1. The van der Waals surface area contributed by atoms with Crippen LogP contribution in [0.15, 0.2) is 35.2 Å². The first-order chi connectivity index (χ1) is 15.0. The van der Waals surface area contributed by atoms with Gasteiger partial charge >= 0.3 is 6.18 Å². The number of benzene rings is 2. The molecule has 2 aromatic carbocycles. The first kappa shape index (κ1) is 24.3. The molecular weight excluding hydrogens is 451 g/mol. The topological polar surface area (TPSA) is 41.6 Å². The minimum Gasteiger partial charge on any atom is -0.496 e. The number of likely N-dealkylation sites (N-methyl/N-ethyl adjacent to an activating group) is 1. The number of halogens is 5. The number of carbonyl (C=O) groups excluding carboxylic acids is 1. The van der Waals surface area contributed by atoms with E-state index >= 15 is 0 Å². The molecule has 32 heavy (non-hydrogen) atoms. The van der Waals surface area contributed by atoms with Crippen molar-refractivity contribution < 1.29 is 31.5 Å². The van der Waals surface area contributed by atoms with E-state index in [0.717, 1.165) is 42.6 Å². The molecule has 0 saturated carbocycles. The van der Waals surface area contributed by atoms with Crippen molar-refractivity contribution in [3.63, 3.8) is 0 Å². The molecular formula is C22H23F5N2O2S. The average Bonchev–Trinajstić information content (AvgIpc) is 2.71. The monoisotopic (exact) mass is 474 g/mol. The van der Waals surface area contributed by atoms with Gasteiger partial charge in [0.25, 0.3) is 5.91 Å². The zero-order chi connectivity index (χ0) is 23.7. The van der Waals surface area contributed by atoms with Gasteiger partial charge in [-0.2, -0.15) is 13.2 Å². The lowest BCUT2D eigenvalue weighted by Crippen LogP contribution is -2.56. The van der Waals surface area contributed by atoms with Crippen LogP contribution in [0.25, 0.3) is 0 Å². The van der Waals surface area contributed by atoms with Crippen molar-refractivity contribution in [2.75, 3.05) is 33.5 Å². The van der Waals surface area contributed by atoms with Gasteiger partial charge < -0.3 is 15.0 Å². The number of hydrogen-bond acceptors (Lipinski definition) is 4. The molecule has 0 aliphatic carbocycles. The number of likely N-dealkylation sites (tertiary alicyclic amines) is 1. The third-order valence-corrected chi connectivity index (χ3v) is 6.30. The van der Waals surface area contributed by atoms with Gasteiger partial charge in [-0.05, 0) is 50.9 Å². The zero-order valence-electron chi connectivity index (χ0n) is 17.8. The number of carbonyl (C=O) groups is 1. The highest BCUT2D eigenvalue weighted by atomic mass is 32.2. The first-order valence-corrected chi connectivity index (χ1v) is 11.0. The fourth-order valence-electron chi connectivity index (χ4n) is 4.12. The quantitative estimate of drug-likeness (QED) is 0.486. The van der Waals surface area contributed by atoms with E-state index in [1.807, 2.05) is 11.9 Å². The molecule has 0 spiro atoms. The van der Waals surface area contributed by atoms with Gasteiger partial charge in [-0.25, -0.2) is 8.78 Å². The van der Waals surface area contributed by atoms with E-state index in [9.17, 15) is 26.7 Å². The molecule has 0 aromatic heterocycles. The molecule has 0 radical (unpaired) electrons. The zero-order valence-corrected chi connectivity index (χ0v) is 18.6. The van der Waals surface area contributed by atoms with Gasteiger partial charge in [0, 0.05) is 23.1 Å². The number of methoxy groups -OCH3 is 1. The highest BCUT2D eigenvalue weighted by molar-refractivity contribution is 7.98. The van der Waals surface area contributed by atoms with Crippen LogP contribution in [-0.2, 0) is 11.7 Å². The summed E-state index contributed by atoms with van der Waals surface area (Å²) in [6.45, 7) is 0.971. The molecule has 1 saturated heterocycles. The molecule has 174 valence electrons. The van der Waals surface area contributed by atoms with Crippen molar-refractivity contribution in [1.82, 2.24) is 10.2 Å². The minimum atomic E-state index is -4.61. The van der Waals surface area contributed by atoms with Crippen LogP contribution in [0.5, 0.6) is 5.75 Å². The summed E-state index contributed by atoms with van der Waals surface area (Å²) in [4.78, 5) is 15.4. The van der Waals surface area contributed by atoms with Crippen molar-refractivity contribution >= 4 is 17.7 Å². The van der Waals surface area contributed by atoms with Crippen LogP contribution in [0, 0.1) is 11.6 Å². The molecule has 1 aliphatic heterocycles. The highest BCUT2D eigenvalue weighted by Gasteiger charge is 2.41. The molecule has 1 heterocycles. The number of nitrogens with one attached hydrogen (secondary N) is 1. The van der Waals surface area contributed by atoms with Crippen molar-refractivity contribution in [2.24, 2.45) is 0 Å². The van der Waals surface area contributed by atoms with E-state index < -0.39 is 34.8 Å². The molecule has 4 nitrogen and oxygen atoms in total. The standard InChI is InChI=1S/C22H23F5N2O2S/c1-29-8-4-7-21(12-29,15-6-5-14(23)11-16(15)24)28-20(30)19-17(31-2)9-13(22(25,26)27)10-18(19)32-3/h5-6,9-11H,4,7-8,12H2,1-3H3,(H,28,30). The summed E-state index contributed by atoms with van der Waals surface area (Å²) < 4.78 is 73.3. The van der Waals surface area contributed by atoms with Crippen LogP contribution in [0.4, 0.5) is 22.0 Å². The molecule has 1 unspecified atom stereocenters. The van der Waals surface area contributed by atoms with Crippen molar-refractivity contribution in [1.29, 1.82) is 0 Å². The van der Waals surface area contributed by atoms with E-state index in [2.05, 4.69) is 5.32 Å². The summed E-state index contributed by atoms with van der Waals surface area (Å²) in [7, 11) is 2.99. The van der Waals surface area contributed by atoms with Crippen LogP contribution < -0.4 is 10.1 Å². The summed E-state index contributed by atoms with van der Waals surface area (Å²) >= 11 is 0.971. The molecule has 2 aromatic rings. The third kappa shape index (κ3) is 4.85. The Morgan fingerprint density at radius 3 is 2.50 bits per heavy atom. The predicted molar refractivity (Wildman–Crippen MR) is 112 cm³/mol. The number of hydrogen-bond donors (Lipinski definition) is 1. The SMILES string of the molecule is COc1cc(C(F)(F)F)cc(SC)c1C(=O)NC1(c2ccc(F)cc2F)CCCN(C)C1. The number of thioether (sulfide) groups is 1. The Hall–Kier alpha value is -2.33. The Morgan fingerprint density at radius 2 is 1.94 bits per heavy atom. The van der Waals surface area contributed by atoms with Crippen molar-refractivity contribution in [3.05, 3.63) is 58.7 Å². The van der Waals surface area contributed by atoms with Gasteiger partial charge in [-0.1, -0.05) is 6.07 Å². The molecule has 0 bridgehead atoms. The molecule has 1 atom stereocenters. The van der Waals surface area contributed by atoms with Gasteiger partial charge in [0.1, 0.15) is 17.4 Å². The molecule has 1 fully saturated rings. The van der Waals surface area contributed by atoms with Crippen LogP contribution in [-0.4, -0.2) is 44.3 Å². The maximum absolute atomic E-state index is 14.8. The number of nitrogens with zero attached hydrogens (tertiary/aromatic N) is 1. The highest BCUT2D eigenvalue weighted by Crippen LogP contribution is 2.39. The number of amides is 1. The molecule has 1 amide bonds. The number of rotatable bonds is 5. The Kier molecular flexibility index (Phi) is 7.04. The lowest BCUT2D eigenvalue weighted by Gasteiger charge is -2.42. The van der Waals surface area contributed by atoms with E-state index in [0.29, 0.717) is 12.8 Å². The Bertz CT molecular complexity index is 989. The van der Waals surface area contributed by atoms with Gasteiger partial charge in [-0.15, -0.1) is 11.8 Å². The van der Waals surface area contributed by atoms with Gasteiger partial charge in [0.05, 0.1) is 23.8 Å². The minimum absolute atomic E-state index is 0.0666. The second-order valence-corrected chi connectivity index (χ2v) is 8.60. The summed E-state index contributed by atoms with van der Waals surface area (Å²) in [5.41, 5.74) is -2.07. The van der Waals surface area contributed by atoms with E-state index in [1.165, 1.54) is 13.2 Å². The third-order valence-electron chi connectivity index (χ3n) is 5.54.